The van der Waals surface area contributed by atoms with E-state index in [1.807, 2.05) is 13.8 Å². The number of hydrogen-bond acceptors (Lipinski definition) is 4. The number of nitrogens with zero attached hydrogens (tertiary/aromatic N) is 1. The number of rotatable bonds is 8. The third-order valence-corrected chi connectivity index (χ3v) is 3.67. The lowest BCUT2D eigenvalue weighted by Gasteiger charge is -2.32. The molecule has 0 aromatic carbocycles. The second kappa shape index (κ2) is 7.43. The molecule has 5 heteroatoms. The lowest BCUT2D eigenvalue weighted by molar-refractivity contribution is 0.0893. The molecule has 0 aliphatic carbocycles. The number of aryl methyl sites for hydroxylation is 1. The summed E-state index contributed by atoms with van der Waals surface area (Å²) in [6, 6.07) is 1.74. The molecule has 1 atom stereocenters. The lowest BCUT2D eigenvalue weighted by atomic mass is 9.85. The maximum Gasteiger partial charge on any atom is 0.273 e. The molecule has 0 saturated heterocycles. The molecule has 0 aliphatic heterocycles. The third kappa shape index (κ3) is 4.63. The molecule has 114 valence electrons. The zero-order valence-electron chi connectivity index (χ0n) is 13.2. The van der Waals surface area contributed by atoms with Crippen molar-refractivity contribution in [1.82, 2.24) is 15.8 Å². The highest BCUT2D eigenvalue weighted by Crippen LogP contribution is 2.19. The normalized spacial score (nSPS) is 13.2. The van der Waals surface area contributed by atoms with E-state index in [4.69, 9.17) is 4.52 Å². The molecular weight excluding hydrogens is 254 g/mol. The fourth-order valence-electron chi connectivity index (χ4n) is 1.79. The van der Waals surface area contributed by atoms with Gasteiger partial charge in [-0.1, -0.05) is 32.9 Å². The van der Waals surface area contributed by atoms with Crippen molar-refractivity contribution in [1.29, 1.82) is 0 Å². The van der Waals surface area contributed by atoms with Gasteiger partial charge in [-0.05, 0) is 25.3 Å². The predicted octanol–water partition coefficient (Wildman–Crippen LogP) is 2.38. The first kappa shape index (κ1) is 16.7. The standard InChI is InChI=1S/C15H27N3O2/c1-6-8-16-10-15(4,5)11(3)17-14(19)13-9-12(7-2)20-18-13/h9,11,16H,6-8,10H2,1-5H3,(H,17,19). The van der Waals surface area contributed by atoms with Crippen molar-refractivity contribution in [3.05, 3.63) is 17.5 Å². The van der Waals surface area contributed by atoms with Gasteiger partial charge in [0.25, 0.3) is 5.91 Å². The smallest absolute Gasteiger partial charge is 0.273 e. The van der Waals surface area contributed by atoms with Crippen molar-refractivity contribution in [2.24, 2.45) is 5.41 Å². The third-order valence-electron chi connectivity index (χ3n) is 3.67. The first-order valence-electron chi connectivity index (χ1n) is 7.37. The molecule has 0 radical (unpaired) electrons. The Balaban J connectivity index is 2.55. The van der Waals surface area contributed by atoms with Crippen LogP contribution in [0.2, 0.25) is 0 Å². The van der Waals surface area contributed by atoms with Gasteiger partial charge in [-0.25, -0.2) is 0 Å². The molecule has 0 saturated carbocycles. The summed E-state index contributed by atoms with van der Waals surface area (Å²) in [5.74, 6) is 0.552. The minimum Gasteiger partial charge on any atom is -0.361 e. The van der Waals surface area contributed by atoms with Crippen molar-refractivity contribution in [3.63, 3.8) is 0 Å². The summed E-state index contributed by atoms with van der Waals surface area (Å²) in [4.78, 5) is 12.1. The molecular formula is C15H27N3O2. The van der Waals surface area contributed by atoms with E-state index in [-0.39, 0.29) is 17.4 Å². The molecule has 0 aliphatic rings. The molecule has 1 aromatic heterocycles. The first-order valence-corrected chi connectivity index (χ1v) is 7.37. The van der Waals surface area contributed by atoms with E-state index in [0.717, 1.165) is 31.7 Å². The number of amides is 1. The topological polar surface area (TPSA) is 67.2 Å². The van der Waals surface area contributed by atoms with Crippen LogP contribution < -0.4 is 10.6 Å². The SMILES string of the molecule is CCCNCC(C)(C)C(C)NC(=O)c1cc(CC)on1. The van der Waals surface area contributed by atoms with Crippen LogP contribution in [0.1, 0.15) is 57.3 Å². The molecule has 0 fully saturated rings. The minimum atomic E-state index is -0.176. The number of carbonyl (C=O) groups is 1. The summed E-state index contributed by atoms with van der Waals surface area (Å²) in [5, 5.41) is 10.2. The van der Waals surface area contributed by atoms with E-state index >= 15 is 0 Å². The fourth-order valence-corrected chi connectivity index (χ4v) is 1.79. The van der Waals surface area contributed by atoms with Crippen LogP contribution in [0.25, 0.3) is 0 Å². The average molecular weight is 281 g/mol. The highest BCUT2D eigenvalue weighted by atomic mass is 16.5. The molecule has 20 heavy (non-hydrogen) atoms. The molecule has 1 unspecified atom stereocenters. The molecule has 0 spiro atoms. The van der Waals surface area contributed by atoms with E-state index in [0.29, 0.717) is 5.69 Å². The van der Waals surface area contributed by atoms with Crippen LogP contribution in [-0.4, -0.2) is 30.2 Å². The number of aromatic nitrogens is 1. The lowest BCUT2D eigenvalue weighted by Crippen LogP contribution is -2.47. The van der Waals surface area contributed by atoms with Gasteiger partial charge in [0, 0.05) is 25.1 Å². The first-order chi connectivity index (χ1) is 9.40. The molecule has 1 aromatic rings. The highest BCUT2D eigenvalue weighted by Gasteiger charge is 2.27. The minimum absolute atomic E-state index is 0.0256. The van der Waals surface area contributed by atoms with E-state index in [9.17, 15) is 4.79 Å². The van der Waals surface area contributed by atoms with Gasteiger partial charge < -0.3 is 15.2 Å². The molecule has 1 amide bonds. The quantitative estimate of drug-likeness (QED) is 0.718. The number of carbonyl (C=O) groups excluding carboxylic acids is 1. The Morgan fingerprint density at radius 1 is 1.45 bits per heavy atom. The highest BCUT2D eigenvalue weighted by molar-refractivity contribution is 5.92. The van der Waals surface area contributed by atoms with Crippen LogP contribution in [0.3, 0.4) is 0 Å². The van der Waals surface area contributed by atoms with Crippen LogP contribution in [0.4, 0.5) is 0 Å². The van der Waals surface area contributed by atoms with Gasteiger partial charge in [0.15, 0.2) is 5.69 Å². The van der Waals surface area contributed by atoms with Crippen molar-refractivity contribution >= 4 is 5.91 Å². The Bertz CT molecular complexity index is 427. The molecule has 2 N–H and O–H groups in total. The van der Waals surface area contributed by atoms with E-state index < -0.39 is 0 Å². The number of hydrogen-bond donors (Lipinski definition) is 2. The Morgan fingerprint density at radius 2 is 2.15 bits per heavy atom. The summed E-state index contributed by atoms with van der Waals surface area (Å²) >= 11 is 0. The van der Waals surface area contributed by atoms with E-state index in [1.165, 1.54) is 0 Å². The summed E-state index contributed by atoms with van der Waals surface area (Å²) in [6.45, 7) is 12.3. The van der Waals surface area contributed by atoms with Crippen molar-refractivity contribution in [2.45, 2.75) is 53.5 Å². The second-order valence-corrected chi connectivity index (χ2v) is 5.89. The van der Waals surface area contributed by atoms with Crippen LogP contribution >= 0.6 is 0 Å². The van der Waals surface area contributed by atoms with Gasteiger partial charge in [0.1, 0.15) is 5.76 Å². The summed E-state index contributed by atoms with van der Waals surface area (Å²) in [6.07, 6.45) is 1.85. The Hall–Kier alpha value is -1.36. The van der Waals surface area contributed by atoms with Gasteiger partial charge >= 0.3 is 0 Å². The van der Waals surface area contributed by atoms with Crippen molar-refractivity contribution < 1.29 is 9.32 Å². The largest absolute Gasteiger partial charge is 0.361 e. The monoisotopic (exact) mass is 281 g/mol. The fraction of sp³-hybridized carbons (Fsp3) is 0.733. The zero-order chi connectivity index (χ0) is 15.2. The van der Waals surface area contributed by atoms with Gasteiger partial charge in [0.2, 0.25) is 0 Å². The Kier molecular flexibility index (Phi) is 6.20. The summed E-state index contributed by atoms with van der Waals surface area (Å²) in [5.41, 5.74) is 0.327. The van der Waals surface area contributed by atoms with Crippen molar-refractivity contribution in [2.75, 3.05) is 13.1 Å². The Morgan fingerprint density at radius 3 is 2.70 bits per heavy atom. The summed E-state index contributed by atoms with van der Waals surface area (Å²) in [7, 11) is 0. The second-order valence-electron chi connectivity index (χ2n) is 5.89. The summed E-state index contributed by atoms with van der Waals surface area (Å²) < 4.78 is 5.06. The molecule has 5 nitrogen and oxygen atoms in total. The van der Waals surface area contributed by atoms with Crippen molar-refractivity contribution in [3.8, 4) is 0 Å². The zero-order valence-corrected chi connectivity index (χ0v) is 13.2. The molecule has 1 heterocycles. The van der Waals surface area contributed by atoms with Crippen LogP contribution in [-0.2, 0) is 6.42 Å². The van der Waals surface area contributed by atoms with Crippen LogP contribution in [0, 0.1) is 5.41 Å². The molecule has 1 rings (SSSR count). The predicted molar refractivity (Wildman–Crippen MR) is 79.8 cm³/mol. The van der Waals surface area contributed by atoms with E-state index in [2.05, 4.69) is 36.6 Å². The van der Waals surface area contributed by atoms with Gasteiger partial charge in [-0.15, -0.1) is 0 Å². The molecule has 0 bridgehead atoms. The van der Waals surface area contributed by atoms with E-state index in [1.54, 1.807) is 6.07 Å². The maximum atomic E-state index is 12.1. The van der Waals surface area contributed by atoms with Gasteiger partial charge in [0.05, 0.1) is 0 Å². The maximum absolute atomic E-state index is 12.1. The average Bonchev–Trinajstić information content (AvgIpc) is 2.87. The van der Waals surface area contributed by atoms with Crippen LogP contribution in [0.15, 0.2) is 10.6 Å². The Labute approximate surface area is 121 Å². The van der Waals surface area contributed by atoms with Gasteiger partial charge in [-0.3, -0.25) is 4.79 Å². The van der Waals surface area contributed by atoms with Gasteiger partial charge in [-0.2, -0.15) is 0 Å². The number of nitrogens with one attached hydrogen (secondary N) is 2. The van der Waals surface area contributed by atoms with Crippen LogP contribution in [0.5, 0.6) is 0 Å².